The second-order valence-electron chi connectivity index (χ2n) is 4.42. The lowest BCUT2D eigenvalue weighted by Crippen LogP contribution is -2.28. The molecule has 0 spiro atoms. The number of aromatic carboxylic acids is 1. The van der Waals surface area contributed by atoms with Crippen molar-refractivity contribution in [2.45, 2.75) is 18.7 Å². The number of hydrogen-bond acceptors (Lipinski definition) is 5. The van der Waals surface area contributed by atoms with Crippen LogP contribution in [0.5, 0.6) is 0 Å². The van der Waals surface area contributed by atoms with E-state index in [-0.39, 0.29) is 37.1 Å². The second kappa shape index (κ2) is 5.61. The van der Waals surface area contributed by atoms with E-state index in [9.17, 15) is 18.0 Å². The van der Waals surface area contributed by atoms with Gasteiger partial charge in [0, 0.05) is 18.7 Å². The molecule has 0 amide bonds. The molecule has 0 aliphatic carbocycles. The van der Waals surface area contributed by atoms with E-state index in [2.05, 4.69) is 20.0 Å². The van der Waals surface area contributed by atoms with E-state index in [1.54, 1.807) is 0 Å². The molecule has 2 heterocycles. The summed E-state index contributed by atoms with van der Waals surface area (Å²) in [5, 5.41) is 11.5. The molecule has 2 rings (SSSR count). The molecule has 20 heavy (non-hydrogen) atoms. The van der Waals surface area contributed by atoms with E-state index in [4.69, 9.17) is 5.11 Å². The Labute approximate surface area is 112 Å². The van der Waals surface area contributed by atoms with E-state index in [0.717, 1.165) is 0 Å². The standard InChI is InChI=1S/C11H12F3N3O3/c12-11(13,14)7-3-6(5-20-7)4-16-8-1-2-15-9(17-8)10(18)19/h1-2,6-7H,3-5H2,(H,18,19)(H,15,16,17)/t6-,7+/m1/s1. The van der Waals surface area contributed by atoms with Gasteiger partial charge in [-0.3, -0.25) is 0 Å². The Morgan fingerprint density at radius 1 is 1.55 bits per heavy atom. The SMILES string of the molecule is O=C(O)c1nccc(NC[C@@H]2CO[C@H](C(F)(F)F)C2)n1. The highest BCUT2D eigenvalue weighted by molar-refractivity contribution is 5.83. The van der Waals surface area contributed by atoms with Crippen LogP contribution in [0.1, 0.15) is 17.0 Å². The number of anilines is 1. The van der Waals surface area contributed by atoms with Gasteiger partial charge in [-0.05, 0) is 12.5 Å². The molecule has 9 heteroatoms. The van der Waals surface area contributed by atoms with Gasteiger partial charge in [-0.15, -0.1) is 0 Å². The Morgan fingerprint density at radius 3 is 2.90 bits per heavy atom. The summed E-state index contributed by atoms with van der Waals surface area (Å²) in [7, 11) is 0. The quantitative estimate of drug-likeness (QED) is 0.875. The molecule has 1 fully saturated rings. The van der Waals surface area contributed by atoms with E-state index in [0.29, 0.717) is 0 Å². The third-order valence-electron chi connectivity index (χ3n) is 2.86. The molecule has 0 unspecified atom stereocenters. The van der Waals surface area contributed by atoms with Crippen molar-refractivity contribution in [3.05, 3.63) is 18.1 Å². The Kier molecular flexibility index (Phi) is 4.07. The average molecular weight is 291 g/mol. The number of nitrogens with zero attached hydrogens (tertiary/aromatic N) is 2. The molecule has 1 aliphatic rings. The molecule has 0 saturated carbocycles. The lowest BCUT2D eigenvalue weighted by atomic mass is 10.1. The molecular weight excluding hydrogens is 279 g/mol. The Morgan fingerprint density at radius 2 is 2.30 bits per heavy atom. The topological polar surface area (TPSA) is 84.3 Å². The number of carbonyl (C=O) groups is 1. The van der Waals surface area contributed by atoms with Crippen LogP contribution in [0.15, 0.2) is 12.3 Å². The minimum atomic E-state index is -4.35. The summed E-state index contributed by atoms with van der Waals surface area (Å²) < 4.78 is 41.9. The summed E-state index contributed by atoms with van der Waals surface area (Å²) in [6, 6.07) is 1.45. The first-order valence-electron chi connectivity index (χ1n) is 5.85. The number of carboxylic acid groups (broad SMARTS) is 1. The van der Waals surface area contributed by atoms with Gasteiger partial charge in [-0.2, -0.15) is 13.2 Å². The number of carboxylic acids is 1. The van der Waals surface area contributed by atoms with Crippen molar-refractivity contribution >= 4 is 11.8 Å². The summed E-state index contributed by atoms with van der Waals surface area (Å²) >= 11 is 0. The van der Waals surface area contributed by atoms with Crippen LogP contribution in [-0.2, 0) is 4.74 Å². The Bertz CT molecular complexity index is 495. The van der Waals surface area contributed by atoms with Crippen molar-refractivity contribution in [3.63, 3.8) is 0 Å². The molecule has 1 aromatic rings. The highest BCUT2D eigenvalue weighted by atomic mass is 19.4. The second-order valence-corrected chi connectivity index (χ2v) is 4.42. The van der Waals surface area contributed by atoms with Crippen molar-refractivity contribution in [2.75, 3.05) is 18.5 Å². The van der Waals surface area contributed by atoms with Gasteiger partial charge in [0.15, 0.2) is 6.10 Å². The smallest absolute Gasteiger partial charge is 0.414 e. The van der Waals surface area contributed by atoms with Crippen molar-refractivity contribution in [1.29, 1.82) is 0 Å². The van der Waals surface area contributed by atoms with Gasteiger partial charge in [-0.1, -0.05) is 0 Å². The van der Waals surface area contributed by atoms with E-state index in [1.807, 2.05) is 0 Å². The number of ether oxygens (including phenoxy) is 1. The summed E-state index contributed by atoms with van der Waals surface area (Å²) in [5.74, 6) is -1.68. The zero-order valence-corrected chi connectivity index (χ0v) is 10.2. The predicted octanol–water partition coefficient (Wildman–Crippen LogP) is 1.55. The van der Waals surface area contributed by atoms with Gasteiger partial charge < -0.3 is 15.2 Å². The normalized spacial score (nSPS) is 22.8. The molecule has 6 nitrogen and oxygen atoms in total. The largest absolute Gasteiger partial charge is 0.475 e. The summed E-state index contributed by atoms with van der Waals surface area (Å²) in [6.45, 7) is 0.233. The van der Waals surface area contributed by atoms with Crippen LogP contribution < -0.4 is 5.32 Å². The van der Waals surface area contributed by atoms with Crippen molar-refractivity contribution in [1.82, 2.24) is 9.97 Å². The molecule has 1 aromatic heterocycles. The molecule has 0 radical (unpaired) electrons. The molecular formula is C11H12F3N3O3. The Balaban J connectivity index is 1.87. The van der Waals surface area contributed by atoms with Gasteiger partial charge in [0.25, 0.3) is 0 Å². The maximum absolute atomic E-state index is 12.4. The van der Waals surface area contributed by atoms with Gasteiger partial charge in [0.1, 0.15) is 5.82 Å². The van der Waals surface area contributed by atoms with Gasteiger partial charge in [0.2, 0.25) is 5.82 Å². The third kappa shape index (κ3) is 3.56. The number of halogens is 3. The predicted molar refractivity (Wildman–Crippen MR) is 61.4 cm³/mol. The Hall–Kier alpha value is -1.90. The van der Waals surface area contributed by atoms with E-state index < -0.39 is 18.2 Å². The lowest BCUT2D eigenvalue weighted by Gasteiger charge is -2.13. The fourth-order valence-electron chi connectivity index (χ4n) is 1.87. The van der Waals surface area contributed by atoms with Gasteiger partial charge in [-0.25, -0.2) is 14.8 Å². The van der Waals surface area contributed by atoms with Crippen LogP contribution >= 0.6 is 0 Å². The summed E-state index contributed by atoms with van der Waals surface area (Å²) in [4.78, 5) is 17.9. The fourth-order valence-corrected chi connectivity index (χ4v) is 1.87. The summed E-state index contributed by atoms with van der Waals surface area (Å²) in [5.41, 5.74) is 0. The zero-order chi connectivity index (χ0) is 14.8. The van der Waals surface area contributed by atoms with Crippen molar-refractivity contribution in [2.24, 2.45) is 5.92 Å². The maximum Gasteiger partial charge on any atom is 0.414 e. The molecule has 110 valence electrons. The van der Waals surface area contributed by atoms with Crippen LogP contribution in [-0.4, -0.2) is 46.5 Å². The van der Waals surface area contributed by atoms with Crippen LogP contribution in [0.2, 0.25) is 0 Å². The van der Waals surface area contributed by atoms with Gasteiger partial charge in [0.05, 0.1) is 6.61 Å². The average Bonchev–Trinajstić information content (AvgIpc) is 2.85. The highest BCUT2D eigenvalue weighted by Crippen LogP contribution is 2.32. The molecule has 0 aromatic carbocycles. The number of nitrogens with one attached hydrogen (secondary N) is 1. The van der Waals surface area contributed by atoms with E-state index in [1.165, 1.54) is 12.3 Å². The maximum atomic E-state index is 12.4. The fraction of sp³-hybridized carbons (Fsp3) is 0.545. The molecule has 0 bridgehead atoms. The molecule has 2 N–H and O–H groups in total. The minimum absolute atomic E-state index is 0.00798. The first kappa shape index (κ1) is 14.5. The van der Waals surface area contributed by atoms with Gasteiger partial charge >= 0.3 is 12.1 Å². The molecule has 1 saturated heterocycles. The first-order chi connectivity index (χ1) is 9.36. The highest BCUT2D eigenvalue weighted by Gasteiger charge is 2.45. The van der Waals surface area contributed by atoms with Crippen LogP contribution in [0.25, 0.3) is 0 Å². The number of hydrogen-bond donors (Lipinski definition) is 2. The van der Waals surface area contributed by atoms with Crippen molar-refractivity contribution in [3.8, 4) is 0 Å². The summed E-state index contributed by atoms with van der Waals surface area (Å²) in [6.07, 6.45) is -4.93. The first-order valence-corrected chi connectivity index (χ1v) is 5.85. The minimum Gasteiger partial charge on any atom is -0.475 e. The lowest BCUT2D eigenvalue weighted by molar-refractivity contribution is -0.206. The van der Waals surface area contributed by atoms with Crippen molar-refractivity contribution < 1.29 is 27.8 Å². The number of alkyl halides is 3. The third-order valence-corrected chi connectivity index (χ3v) is 2.86. The van der Waals surface area contributed by atoms with Crippen LogP contribution in [0.3, 0.4) is 0 Å². The van der Waals surface area contributed by atoms with Crippen LogP contribution in [0, 0.1) is 5.92 Å². The monoisotopic (exact) mass is 291 g/mol. The van der Waals surface area contributed by atoms with Crippen LogP contribution in [0.4, 0.5) is 19.0 Å². The van der Waals surface area contributed by atoms with E-state index >= 15 is 0 Å². The number of aromatic nitrogens is 2. The molecule has 1 aliphatic heterocycles. The molecule has 2 atom stereocenters. The number of rotatable bonds is 4. The zero-order valence-electron chi connectivity index (χ0n) is 10.2.